The van der Waals surface area contributed by atoms with Gasteiger partial charge < -0.3 is 14.7 Å². The van der Waals surface area contributed by atoms with Gasteiger partial charge in [-0.1, -0.05) is 19.1 Å². The molecule has 2 heterocycles. The number of aromatic amines is 1. The van der Waals surface area contributed by atoms with Gasteiger partial charge in [0.25, 0.3) is 0 Å². The Labute approximate surface area is 116 Å². The molecule has 3 rings (SSSR count). The molecular formula is C15H16FN3O. The molecule has 1 atom stereocenters. The molecular weight excluding hydrogens is 257 g/mol. The number of aromatic nitrogens is 2. The van der Waals surface area contributed by atoms with Gasteiger partial charge in [0, 0.05) is 17.8 Å². The van der Waals surface area contributed by atoms with Gasteiger partial charge in [0.1, 0.15) is 17.6 Å². The third kappa shape index (κ3) is 2.32. The smallest absolute Gasteiger partial charge is 0.169 e. The van der Waals surface area contributed by atoms with Crippen LogP contribution in [0.4, 0.5) is 4.39 Å². The zero-order chi connectivity index (χ0) is 13.9. The summed E-state index contributed by atoms with van der Waals surface area (Å²) >= 11 is 0. The van der Waals surface area contributed by atoms with Crippen LogP contribution in [0.25, 0.3) is 11.0 Å². The van der Waals surface area contributed by atoms with E-state index in [1.54, 1.807) is 18.5 Å². The molecule has 2 N–H and O–H groups in total. The Morgan fingerprint density at radius 3 is 3.05 bits per heavy atom. The Kier molecular flexibility index (Phi) is 3.52. The summed E-state index contributed by atoms with van der Waals surface area (Å²) in [6.07, 6.45) is 4.45. The molecule has 0 saturated heterocycles. The average molecular weight is 273 g/mol. The van der Waals surface area contributed by atoms with Gasteiger partial charge in [-0.2, -0.15) is 0 Å². The number of imidazole rings is 1. The Morgan fingerprint density at radius 2 is 2.35 bits per heavy atom. The van der Waals surface area contributed by atoms with Crippen molar-refractivity contribution >= 4 is 11.0 Å². The molecule has 0 saturated carbocycles. The molecule has 0 aliphatic rings. The van der Waals surface area contributed by atoms with E-state index in [0.717, 1.165) is 24.2 Å². The Morgan fingerprint density at radius 1 is 1.45 bits per heavy atom. The van der Waals surface area contributed by atoms with E-state index in [4.69, 9.17) is 4.42 Å². The van der Waals surface area contributed by atoms with Crippen LogP contribution in [0.3, 0.4) is 0 Å². The summed E-state index contributed by atoms with van der Waals surface area (Å²) in [7, 11) is 0. The van der Waals surface area contributed by atoms with Gasteiger partial charge in [0.05, 0.1) is 0 Å². The number of hydrogen-bond donors (Lipinski definition) is 2. The molecule has 0 spiro atoms. The first kappa shape index (κ1) is 12.9. The lowest BCUT2D eigenvalue weighted by Crippen LogP contribution is -2.23. The van der Waals surface area contributed by atoms with Crippen LogP contribution in [0.5, 0.6) is 0 Å². The number of benzene rings is 1. The van der Waals surface area contributed by atoms with E-state index in [-0.39, 0.29) is 17.4 Å². The lowest BCUT2D eigenvalue weighted by molar-refractivity contribution is 0.449. The molecule has 104 valence electrons. The molecule has 0 bridgehead atoms. The van der Waals surface area contributed by atoms with Gasteiger partial charge in [-0.15, -0.1) is 0 Å². The summed E-state index contributed by atoms with van der Waals surface area (Å²) < 4.78 is 19.4. The lowest BCUT2D eigenvalue weighted by atomic mass is 10.2. The van der Waals surface area contributed by atoms with Gasteiger partial charge in [-0.25, -0.2) is 9.37 Å². The first-order chi connectivity index (χ1) is 9.79. The molecule has 0 aliphatic carbocycles. The molecule has 5 heteroatoms. The van der Waals surface area contributed by atoms with E-state index >= 15 is 0 Å². The van der Waals surface area contributed by atoms with Crippen molar-refractivity contribution in [3.8, 4) is 0 Å². The molecule has 0 radical (unpaired) electrons. The highest BCUT2D eigenvalue weighted by atomic mass is 19.1. The number of hydrogen-bond acceptors (Lipinski definition) is 3. The largest absolute Gasteiger partial charge is 0.456 e. The van der Waals surface area contributed by atoms with Crippen molar-refractivity contribution in [1.82, 2.24) is 15.3 Å². The van der Waals surface area contributed by atoms with Crippen molar-refractivity contribution in [3.63, 3.8) is 0 Å². The van der Waals surface area contributed by atoms with Crippen LogP contribution < -0.4 is 5.32 Å². The predicted octanol–water partition coefficient (Wildman–Crippen LogP) is 3.38. The van der Waals surface area contributed by atoms with Gasteiger partial charge >= 0.3 is 0 Å². The van der Waals surface area contributed by atoms with Crippen molar-refractivity contribution in [1.29, 1.82) is 0 Å². The van der Waals surface area contributed by atoms with Gasteiger partial charge in [-0.3, -0.25) is 0 Å². The van der Waals surface area contributed by atoms with Crippen LogP contribution in [0.15, 0.2) is 41.1 Å². The van der Waals surface area contributed by atoms with Gasteiger partial charge in [0.2, 0.25) is 0 Å². The van der Waals surface area contributed by atoms with Crippen molar-refractivity contribution in [2.24, 2.45) is 0 Å². The molecule has 0 aliphatic heterocycles. The van der Waals surface area contributed by atoms with Crippen molar-refractivity contribution < 1.29 is 8.81 Å². The molecule has 1 aromatic carbocycles. The standard InChI is InChI=1S/C15H16FN3O/c1-2-6-17-13(15-18-7-8-19-15)12-9-10-4-3-5-11(16)14(10)20-12/h3-5,7-9,13,17H,2,6H2,1H3,(H,18,19). The van der Waals surface area contributed by atoms with Crippen LogP contribution in [0.2, 0.25) is 0 Å². The maximum atomic E-state index is 13.7. The number of para-hydroxylation sites is 1. The summed E-state index contributed by atoms with van der Waals surface area (Å²) in [5, 5.41) is 4.12. The lowest BCUT2D eigenvalue weighted by Gasteiger charge is -2.13. The van der Waals surface area contributed by atoms with E-state index in [0.29, 0.717) is 5.76 Å². The van der Waals surface area contributed by atoms with Crippen LogP contribution in [-0.2, 0) is 0 Å². The minimum atomic E-state index is -0.345. The highest BCUT2D eigenvalue weighted by Gasteiger charge is 2.20. The fourth-order valence-corrected chi connectivity index (χ4v) is 2.25. The quantitative estimate of drug-likeness (QED) is 0.749. The third-order valence-electron chi connectivity index (χ3n) is 3.19. The summed E-state index contributed by atoms with van der Waals surface area (Å²) in [5.74, 6) is 1.08. The van der Waals surface area contributed by atoms with E-state index < -0.39 is 0 Å². The molecule has 3 aromatic rings. The highest BCUT2D eigenvalue weighted by molar-refractivity contribution is 5.78. The number of nitrogens with one attached hydrogen (secondary N) is 2. The molecule has 0 amide bonds. The van der Waals surface area contributed by atoms with Crippen molar-refractivity contribution in [3.05, 3.63) is 54.1 Å². The fraction of sp³-hybridized carbons (Fsp3) is 0.267. The van der Waals surface area contributed by atoms with Crippen LogP contribution >= 0.6 is 0 Å². The molecule has 4 nitrogen and oxygen atoms in total. The monoisotopic (exact) mass is 273 g/mol. The average Bonchev–Trinajstić information content (AvgIpc) is 3.09. The molecule has 1 unspecified atom stereocenters. The summed E-state index contributed by atoms with van der Waals surface area (Å²) in [5.41, 5.74) is 0.289. The SMILES string of the molecule is CCCNC(c1ncc[nH]1)c1cc2cccc(F)c2o1. The van der Waals surface area contributed by atoms with Crippen molar-refractivity contribution in [2.75, 3.05) is 6.54 Å². The van der Waals surface area contributed by atoms with Crippen LogP contribution in [-0.4, -0.2) is 16.5 Å². The Balaban J connectivity index is 2.02. The van der Waals surface area contributed by atoms with E-state index in [1.165, 1.54) is 6.07 Å². The zero-order valence-electron chi connectivity index (χ0n) is 11.2. The number of rotatable bonds is 5. The number of H-pyrrole nitrogens is 1. The fourth-order valence-electron chi connectivity index (χ4n) is 2.25. The second kappa shape index (κ2) is 5.46. The normalized spacial score (nSPS) is 12.9. The molecule has 20 heavy (non-hydrogen) atoms. The highest BCUT2D eigenvalue weighted by Crippen LogP contribution is 2.28. The van der Waals surface area contributed by atoms with Gasteiger partial charge in [0.15, 0.2) is 11.4 Å². The van der Waals surface area contributed by atoms with Crippen molar-refractivity contribution in [2.45, 2.75) is 19.4 Å². The zero-order valence-corrected chi connectivity index (χ0v) is 11.2. The maximum Gasteiger partial charge on any atom is 0.169 e. The number of nitrogens with zero attached hydrogens (tertiary/aromatic N) is 1. The molecule has 0 fully saturated rings. The first-order valence-electron chi connectivity index (χ1n) is 6.70. The van der Waals surface area contributed by atoms with Crippen LogP contribution in [0, 0.1) is 5.82 Å². The molecule has 2 aromatic heterocycles. The predicted molar refractivity (Wildman–Crippen MR) is 74.9 cm³/mol. The second-order valence-corrected chi connectivity index (χ2v) is 4.67. The second-order valence-electron chi connectivity index (χ2n) is 4.67. The Bertz CT molecular complexity index is 690. The number of fused-ring (bicyclic) bond motifs is 1. The van der Waals surface area contributed by atoms with Gasteiger partial charge in [-0.05, 0) is 25.1 Å². The van der Waals surface area contributed by atoms with E-state index in [2.05, 4.69) is 22.2 Å². The summed E-state index contributed by atoms with van der Waals surface area (Å²) in [6.45, 7) is 2.91. The first-order valence-corrected chi connectivity index (χ1v) is 6.70. The Hall–Kier alpha value is -2.14. The number of halogens is 1. The minimum absolute atomic E-state index is 0.197. The van der Waals surface area contributed by atoms with E-state index in [9.17, 15) is 4.39 Å². The minimum Gasteiger partial charge on any atom is -0.456 e. The van der Waals surface area contributed by atoms with Crippen LogP contribution in [0.1, 0.15) is 31.0 Å². The summed E-state index contributed by atoms with van der Waals surface area (Å²) in [4.78, 5) is 7.34. The topological polar surface area (TPSA) is 53.9 Å². The summed E-state index contributed by atoms with van der Waals surface area (Å²) in [6, 6.07) is 6.57. The number of furan rings is 1. The van der Waals surface area contributed by atoms with E-state index in [1.807, 2.05) is 12.1 Å². The maximum absolute atomic E-state index is 13.7. The third-order valence-corrected chi connectivity index (χ3v) is 3.19.